The van der Waals surface area contributed by atoms with Crippen molar-refractivity contribution >= 4 is 57.0 Å². The molecule has 5 heteroatoms. The summed E-state index contributed by atoms with van der Waals surface area (Å²) < 4.78 is 0. The van der Waals surface area contributed by atoms with Crippen LogP contribution in [-0.4, -0.2) is 25.7 Å². The lowest BCUT2D eigenvalue weighted by atomic mass is 10.0. The summed E-state index contributed by atoms with van der Waals surface area (Å²) in [6.07, 6.45) is 6.44. The second-order valence-electron chi connectivity index (χ2n) is 15.2. The van der Waals surface area contributed by atoms with E-state index < -0.39 is 0 Å². The Morgan fingerprint density at radius 3 is 1.26 bits per heavy atom. The van der Waals surface area contributed by atoms with Crippen molar-refractivity contribution in [3.8, 4) is 44.5 Å². The highest BCUT2D eigenvalue weighted by atomic mass is 16.1. The van der Waals surface area contributed by atoms with Crippen molar-refractivity contribution in [1.29, 1.82) is 0 Å². The van der Waals surface area contributed by atoms with Gasteiger partial charge in [0.15, 0.2) is 5.78 Å². The van der Waals surface area contributed by atoms with Crippen LogP contribution < -0.4 is 5.35 Å². The van der Waals surface area contributed by atoms with E-state index in [-0.39, 0.29) is 5.78 Å². The summed E-state index contributed by atoms with van der Waals surface area (Å²) in [5.41, 5.74) is 19.5. The van der Waals surface area contributed by atoms with Crippen molar-refractivity contribution in [2.45, 2.75) is 41.0 Å². The van der Waals surface area contributed by atoms with Crippen LogP contribution in [0.3, 0.4) is 0 Å². The van der Waals surface area contributed by atoms with Gasteiger partial charge in [0.2, 0.25) is 0 Å². The first-order valence-electron chi connectivity index (χ1n) is 19.6. The minimum absolute atomic E-state index is 0.0511. The Balaban J connectivity index is 1.53. The van der Waals surface area contributed by atoms with Gasteiger partial charge in [-0.15, -0.1) is 0 Å². The average Bonchev–Trinajstić information content (AvgIpc) is 4.05. The number of H-pyrrole nitrogens is 3. The summed E-state index contributed by atoms with van der Waals surface area (Å²) in [4.78, 5) is 30.2. The third kappa shape index (κ3) is 6.82. The molecule has 0 saturated heterocycles. The van der Waals surface area contributed by atoms with Crippen molar-refractivity contribution < 1.29 is 4.79 Å². The smallest absolute Gasteiger partial charge is 0.157 e. The van der Waals surface area contributed by atoms with Gasteiger partial charge in [-0.05, 0) is 92.4 Å². The van der Waals surface area contributed by atoms with E-state index in [1.54, 1.807) is 6.08 Å². The van der Waals surface area contributed by atoms with Crippen LogP contribution in [0.5, 0.6) is 0 Å². The summed E-state index contributed by atoms with van der Waals surface area (Å²) in [5.74, 6) is 0.0511. The highest BCUT2D eigenvalue weighted by molar-refractivity contribution is 6.09. The number of hydrogen-bond acceptors (Lipinski definition) is 2. The molecule has 9 rings (SSSR count). The van der Waals surface area contributed by atoms with Gasteiger partial charge in [-0.2, -0.15) is 0 Å². The standard InChI is InChI=1S/C52H44N4O/c1-6-39(57)29-47-40-30-48(56-47)52(38-21-13-34(5)14-22-38)46-28-27-45(55-46)51(37-19-11-33(4)12-20-37)44-26-25-43(54-44)50(36-17-9-32(3)10-18-36)42-24-23-41(53-42)49(40)35-15-7-31(2)8-16-35/h7-30,53,55-56H,6H2,1-5H3/b47-29-,49-40?,49-41?,50-42?,50-43?,51-44?,51-45?,52-46?,52-48?. The van der Waals surface area contributed by atoms with E-state index in [4.69, 9.17) is 4.98 Å². The second-order valence-corrected chi connectivity index (χ2v) is 15.2. The summed E-state index contributed by atoms with van der Waals surface area (Å²) >= 11 is 0. The molecule has 5 nitrogen and oxygen atoms in total. The van der Waals surface area contributed by atoms with Crippen LogP contribution in [0.25, 0.3) is 95.7 Å². The molecule has 0 aliphatic carbocycles. The van der Waals surface area contributed by atoms with Gasteiger partial charge >= 0.3 is 0 Å². The normalized spacial score (nSPS) is 12.1. The number of aromatic nitrogens is 4. The molecule has 0 radical (unpaired) electrons. The second kappa shape index (κ2) is 14.6. The molecule has 57 heavy (non-hydrogen) atoms. The maximum atomic E-state index is 13.3. The number of rotatable bonds is 6. The van der Waals surface area contributed by atoms with E-state index in [1.807, 2.05) is 6.92 Å². The van der Waals surface area contributed by atoms with Crippen LogP contribution >= 0.6 is 0 Å². The maximum absolute atomic E-state index is 13.3. The number of Topliss-reactive ketones (excluding diaryl/α,β-unsaturated/α-hetero) is 1. The molecule has 1 aliphatic heterocycles. The molecule has 5 heterocycles. The van der Waals surface area contributed by atoms with Gasteiger partial charge in [0.1, 0.15) is 0 Å². The number of aromatic amines is 3. The summed E-state index contributed by atoms with van der Waals surface area (Å²) in [7, 11) is 0. The Bertz CT molecular complexity index is 3060. The molecule has 8 aromatic rings. The van der Waals surface area contributed by atoms with Crippen LogP contribution in [0.15, 0.2) is 127 Å². The number of carbonyl (C=O) groups is 1. The lowest BCUT2D eigenvalue weighted by Gasteiger charge is -2.07. The zero-order valence-corrected chi connectivity index (χ0v) is 32.9. The van der Waals surface area contributed by atoms with Gasteiger partial charge in [-0.1, -0.05) is 126 Å². The molecule has 0 fully saturated rings. The minimum atomic E-state index is 0.0511. The largest absolute Gasteiger partial charge is 0.354 e. The van der Waals surface area contributed by atoms with Gasteiger partial charge in [0.25, 0.3) is 0 Å². The van der Waals surface area contributed by atoms with Crippen molar-refractivity contribution in [2.75, 3.05) is 0 Å². The molecule has 1 aliphatic rings. The van der Waals surface area contributed by atoms with Gasteiger partial charge < -0.3 is 15.0 Å². The van der Waals surface area contributed by atoms with Crippen molar-refractivity contribution in [1.82, 2.24) is 19.9 Å². The molecule has 4 aromatic heterocycles. The van der Waals surface area contributed by atoms with Crippen LogP contribution in [0, 0.1) is 27.7 Å². The molecule has 0 saturated carbocycles. The third-order valence-corrected chi connectivity index (χ3v) is 11.0. The highest BCUT2D eigenvalue weighted by Crippen LogP contribution is 2.37. The first-order chi connectivity index (χ1) is 27.7. The van der Waals surface area contributed by atoms with E-state index >= 15 is 0 Å². The van der Waals surface area contributed by atoms with Gasteiger partial charge in [0, 0.05) is 67.7 Å². The number of aryl methyl sites for hydroxylation is 4. The van der Waals surface area contributed by atoms with Crippen LogP contribution in [0.4, 0.5) is 0 Å². The average molecular weight is 741 g/mol. The molecule has 278 valence electrons. The number of nitrogens with one attached hydrogen (secondary N) is 3. The van der Waals surface area contributed by atoms with Gasteiger partial charge in [0.05, 0.1) is 16.7 Å². The Morgan fingerprint density at radius 1 is 0.474 bits per heavy atom. The molecule has 0 atom stereocenters. The number of nitrogens with zero attached hydrogens (tertiary/aromatic N) is 1. The number of carbonyl (C=O) groups excluding carboxylic acids is 1. The number of hydrogen-bond donors (Lipinski definition) is 3. The Morgan fingerprint density at radius 2 is 0.842 bits per heavy atom. The van der Waals surface area contributed by atoms with E-state index in [9.17, 15) is 4.79 Å². The highest BCUT2D eigenvalue weighted by Gasteiger charge is 2.18. The van der Waals surface area contributed by atoms with Gasteiger partial charge in [-0.3, -0.25) is 4.79 Å². The molecule has 3 N–H and O–H groups in total. The molecule has 0 spiro atoms. The van der Waals surface area contributed by atoms with E-state index in [0.717, 1.165) is 94.2 Å². The summed E-state index contributed by atoms with van der Waals surface area (Å²) in [6, 6.07) is 45.4. The Labute approximate surface area is 332 Å². The molecule has 0 amide bonds. The molecular weight excluding hydrogens is 697 g/mol. The summed E-state index contributed by atoms with van der Waals surface area (Å²) in [5, 5.41) is 1.70. The fraction of sp³-hybridized carbons (Fsp3) is 0.115. The fourth-order valence-electron chi connectivity index (χ4n) is 7.88. The number of fused-ring (bicyclic) bond motifs is 8. The minimum Gasteiger partial charge on any atom is -0.354 e. The maximum Gasteiger partial charge on any atom is 0.157 e. The Kier molecular flexibility index (Phi) is 9.14. The molecule has 4 aromatic carbocycles. The fourth-order valence-corrected chi connectivity index (χ4v) is 7.88. The lowest BCUT2D eigenvalue weighted by molar-refractivity contribution is -0.113. The zero-order chi connectivity index (χ0) is 39.2. The van der Waals surface area contributed by atoms with Crippen LogP contribution in [-0.2, 0) is 4.79 Å². The molecule has 0 unspecified atom stereocenters. The van der Waals surface area contributed by atoms with Crippen LogP contribution in [0.2, 0.25) is 0 Å². The van der Waals surface area contributed by atoms with Crippen molar-refractivity contribution in [3.63, 3.8) is 0 Å². The zero-order valence-electron chi connectivity index (χ0n) is 32.9. The predicted octanol–water partition coefficient (Wildman–Crippen LogP) is 12.6. The summed E-state index contributed by atoms with van der Waals surface area (Å²) in [6.45, 7) is 10.3. The lowest BCUT2D eigenvalue weighted by Crippen LogP contribution is -2.07. The number of ketones is 1. The van der Waals surface area contributed by atoms with E-state index in [1.165, 1.54) is 22.3 Å². The van der Waals surface area contributed by atoms with Gasteiger partial charge in [-0.25, -0.2) is 4.98 Å². The van der Waals surface area contributed by atoms with Crippen molar-refractivity contribution in [2.24, 2.45) is 0 Å². The number of benzene rings is 4. The molecule has 8 bridgehead atoms. The quantitative estimate of drug-likeness (QED) is 0.159. The topological polar surface area (TPSA) is 77.3 Å². The first kappa shape index (κ1) is 35.7. The monoisotopic (exact) mass is 740 g/mol. The van der Waals surface area contributed by atoms with E-state index in [2.05, 4.69) is 182 Å². The third-order valence-electron chi connectivity index (χ3n) is 11.0. The van der Waals surface area contributed by atoms with Crippen molar-refractivity contribution in [3.05, 3.63) is 166 Å². The Hall–Kier alpha value is -6.98. The van der Waals surface area contributed by atoms with E-state index in [0.29, 0.717) is 6.42 Å². The predicted molar refractivity (Wildman–Crippen MR) is 240 cm³/mol. The van der Waals surface area contributed by atoms with Crippen LogP contribution in [0.1, 0.15) is 47.0 Å². The SMILES string of the molecule is CCC(=O)/C=c1\[nH]c2cc1c(-c1ccc(C)cc1)c1ccc([nH]1)c(-c1ccc(C)cc1)c1nc(c(-c3ccc(C)cc3)c3ccc([nH]3)c2-c2ccc(C)cc2)C=C1. The first-order valence-corrected chi connectivity index (χ1v) is 19.6. The molecular formula is C52H44N4O.